The Labute approximate surface area is 93.8 Å². The Morgan fingerprint density at radius 2 is 1.93 bits per heavy atom. The maximum atomic E-state index is 6.03. The van der Waals surface area contributed by atoms with E-state index in [1.165, 1.54) is 5.69 Å². The monoisotopic (exact) mass is 230 g/mol. The summed E-state index contributed by atoms with van der Waals surface area (Å²) in [4.78, 5) is 2.18. The lowest BCUT2D eigenvalue weighted by Gasteiger charge is -2.37. The summed E-state index contributed by atoms with van der Waals surface area (Å²) in [5.74, 6) is 0. The van der Waals surface area contributed by atoms with Gasteiger partial charge in [0.05, 0.1) is 6.54 Å². The molecule has 0 amide bonds. The predicted molar refractivity (Wildman–Crippen MR) is 61.1 cm³/mol. The fourth-order valence-corrected chi connectivity index (χ4v) is 2.09. The van der Waals surface area contributed by atoms with Crippen molar-refractivity contribution in [1.82, 2.24) is 5.32 Å². The van der Waals surface area contributed by atoms with Crippen molar-refractivity contribution in [3.8, 4) is 0 Å². The van der Waals surface area contributed by atoms with E-state index < -0.39 is 4.46 Å². The first-order valence-electron chi connectivity index (χ1n) is 4.60. The molecular weight excluding hydrogens is 219 g/mol. The Hall–Kier alpha value is -0.440. The second-order valence-corrected chi connectivity index (χ2v) is 4.87. The number of benzene rings is 1. The molecule has 0 unspecified atom stereocenters. The molecule has 2 nitrogen and oxygen atoms in total. The number of alkyl halides is 2. The minimum Gasteiger partial charge on any atom is -0.366 e. The lowest BCUT2D eigenvalue weighted by Crippen LogP contribution is -2.54. The molecule has 1 N–H and O–H groups in total. The van der Waals surface area contributed by atoms with Crippen molar-refractivity contribution in [1.29, 1.82) is 0 Å². The number of rotatable bonds is 1. The van der Waals surface area contributed by atoms with E-state index in [1.807, 2.05) is 18.2 Å². The number of halogens is 2. The zero-order valence-electron chi connectivity index (χ0n) is 7.71. The third-order valence-corrected chi connectivity index (χ3v) is 2.78. The fraction of sp³-hybridized carbons (Fsp3) is 0.400. The fourth-order valence-electron chi connectivity index (χ4n) is 1.61. The van der Waals surface area contributed by atoms with Gasteiger partial charge in [-0.15, -0.1) is 0 Å². The Balaban J connectivity index is 2.12. The van der Waals surface area contributed by atoms with Crippen LogP contribution in [0.1, 0.15) is 0 Å². The molecule has 1 fully saturated rings. The molecule has 14 heavy (non-hydrogen) atoms. The third-order valence-electron chi connectivity index (χ3n) is 2.28. The van der Waals surface area contributed by atoms with Crippen LogP contribution in [0.3, 0.4) is 0 Å². The van der Waals surface area contributed by atoms with E-state index in [0.29, 0.717) is 6.54 Å². The summed E-state index contributed by atoms with van der Waals surface area (Å²) in [7, 11) is 0. The van der Waals surface area contributed by atoms with Crippen LogP contribution in [-0.4, -0.2) is 24.1 Å². The van der Waals surface area contributed by atoms with E-state index in [2.05, 4.69) is 22.3 Å². The van der Waals surface area contributed by atoms with Crippen molar-refractivity contribution in [2.75, 3.05) is 24.5 Å². The van der Waals surface area contributed by atoms with Crippen LogP contribution in [0.2, 0.25) is 0 Å². The normalized spacial score (nSPS) is 20.9. The summed E-state index contributed by atoms with van der Waals surface area (Å²) in [5, 5.41) is 3.05. The number of nitrogens with zero attached hydrogens (tertiary/aromatic N) is 1. The summed E-state index contributed by atoms with van der Waals surface area (Å²) in [5.41, 5.74) is 1.17. The molecule has 1 aromatic rings. The van der Waals surface area contributed by atoms with Crippen LogP contribution in [0.15, 0.2) is 30.3 Å². The first-order valence-corrected chi connectivity index (χ1v) is 5.36. The molecule has 0 spiro atoms. The quantitative estimate of drug-likeness (QED) is 0.589. The van der Waals surface area contributed by atoms with Gasteiger partial charge in [0.25, 0.3) is 0 Å². The van der Waals surface area contributed by atoms with Gasteiger partial charge in [0, 0.05) is 18.8 Å². The summed E-state index contributed by atoms with van der Waals surface area (Å²) < 4.78 is -0.825. The van der Waals surface area contributed by atoms with Gasteiger partial charge < -0.3 is 4.90 Å². The third kappa shape index (κ3) is 2.32. The predicted octanol–water partition coefficient (Wildman–Crippen LogP) is 2.23. The molecule has 1 aliphatic rings. The van der Waals surface area contributed by atoms with Crippen molar-refractivity contribution in [3.05, 3.63) is 30.3 Å². The average Bonchev–Trinajstić information content (AvgIpc) is 2.18. The molecular formula is C10H12Cl2N2. The van der Waals surface area contributed by atoms with Crippen LogP contribution in [0.25, 0.3) is 0 Å². The largest absolute Gasteiger partial charge is 0.366 e. The van der Waals surface area contributed by atoms with Crippen molar-refractivity contribution >= 4 is 28.9 Å². The number of nitrogens with one attached hydrogen (secondary N) is 1. The highest BCUT2D eigenvalue weighted by atomic mass is 35.5. The molecule has 76 valence electrons. The van der Waals surface area contributed by atoms with Gasteiger partial charge in [-0.1, -0.05) is 41.4 Å². The minimum atomic E-state index is -0.825. The molecule has 4 heteroatoms. The van der Waals surface area contributed by atoms with Gasteiger partial charge in [-0.25, -0.2) is 0 Å². The Morgan fingerprint density at radius 1 is 1.21 bits per heavy atom. The zero-order valence-corrected chi connectivity index (χ0v) is 9.22. The van der Waals surface area contributed by atoms with E-state index in [1.54, 1.807) is 0 Å². The maximum absolute atomic E-state index is 6.03. The number of piperazine rings is 1. The number of anilines is 1. The van der Waals surface area contributed by atoms with Gasteiger partial charge in [-0.2, -0.15) is 0 Å². The van der Waals surface area contributed by atoms with Crippen molar-refractivity contribution in [2.24, 2.45) is 0 Å². The molecule has 1 aliphatic heterocycles. The second kappa shape index (κ2) is 3.97. The van der Waals surface area contributed by atoms with E-state index in [9.17, 15) is 0 Å². The molecule has 1 saturated heterocycles. The van der Waals surface area contributed by atoms with Crippen molar-refractivity contribution in [3.63, 3.8) is 0 Å². The highest BCUT2D eigenvalue weighted by Gasteiger charge is 2.30. The summed E-state index contributed by atoms with van der Waals surface area (Å²) in [6.07, 6.45) is 0. The van der Waals surface area contributed by atoms with Crippen LogP contribution in [-0.2, 0) is 0 Å². The molecule has 0 bridgehead atoms. The number of para-hydroxylation sites is 1. The minimum absolute atomic E-state index is 0.611. The molecule has 2 rings (SSSR count). The topological polar surface area (TPSA) is 15.3 Å². The van der Waals surface area contributed by atoms with E-state index >= 15 is 0 Å². The highest BCUT2D eigenvalue weighted by molar-refractivity contribution is 6.48. The summed E-state index contributed by atoms with van der Waals surface area (Å²) >= 11 is 12.1. The first-order chi connectivity index (χ1) is 6.67. The number of hydrogen-bond acceptors (Lipinski definition) is 2. The molecule has 0 aromatic heterocycles. The number of hydrogen-bond donors (Lipinski definition) is 1. The lowest BCUT2D eigenvalue weighted by molar-refractivity contribution is 0.513. The summed E-state index contributed by atoms with van der Waals surface area (Å²) in [6.45, 7) is 2.35. The van der Waals surface area contributed by atoms with Gasteiger partial charge in [0.2, 0.25) is 0 Å². The van der Waals surface area contributed by atoms with Gasteiger partial charge in [0.15, 0.2) is 4.46 Å². The maximum Gasteiger partial charge on any atom is 0.186 e. The molecule has 0 aliphatic carbocycles. The SMILES string of the molecule is ClC1(Cl)CN(c2ccccc2)CCN1. The van der Waals surface area contributed by atoms with Crippen molar-refractivity contribution in [2.45, 2.75) is 4.46 Å². The van der Waals surface area contributed by atoms with E-state index in [4.69, 9.17) is 23.2 Å². The standard InChI is InChI=1S/C10H12Cl2N2/c11-10(12)8-14(7-6-13-10)9-4-2-1-3-5-9/h1-5,13H,6-8H2. The smallest absolute Gasteiger partial charge is 0.186 e. The van der Waals surface area contributed by atoms with Crippen molar-refractivity contribution < 1.29 is 0 Å². The molecule has 0 saturated carbocycles. The van der Waals surface area contributed by atoms with Crippen LogP contribution >= 0.6 is 23.2 Å². The van der Waals surface area contributed by atoms with Gasteiger partial charge in [-0.3, -0.25) is 5.32 Å². The molecule has 1 aromatic carbocycles. The van der Waals surface area contributed by atoms with Crippen LogP contribution in [0.4, 0.5) is 5.69 Å². The van der Waals surface area contributed by atoms with E-state index in [0.717, 1.165) is 13.1 Å². The highest BCUT2D eigenvalue weighted by Crippen LogP contribution is 2.25. The second-order valence-electron chi connectivity index (χ2n) is 3.39. The first kappa shape index (κ1) is 10.1. The van der Waals surface area contributed by atoms with E-state index in [-0.39, 0.29) is 0 Å². The van der Waals surface area contributed by atoms with Crippen LogP contribution in [0, 0.1) is 0 Å². The summed E-state index contributed by atoms with van der Waals surface area (Å²) in [6, 6.07) is 10.2. The molecule has 1 heterocycles. The Morgan fingerprint density at radius 3 is 2.57 bits per heavy atom. The van der Waals surface area contributed by atoms with Crippen LogP contribution < -0.4 is 10.2 Å². The van der Waals surface area contributed by atoms with Gasteiger partial charge >= 0.3 is 0 Å². The average molecular weight is 231 g/mol. The lowest BCUT2D eigenvalue weighted by atomic mass is 10.2. The van der Waals surface area contributed by atoms with Gasteiger partial charge in [-0.05, 0) is 12.1 Å². The Bertz CT molecular complexity index is 300. The van der Waals surface area contributed by atoms with Gasteiger partial charge in [0.1, 0.15) is 0 Å². The van der Waals surface area contributed by atoms with Crippen LogP contribution in [0.5, 0.6) is 0 Å². The molecule has 0 radical (unpaired) electrons. The zero-order chi connectivity index (χ0) is 10.0. The molecule has 0 atom stereocenters. The Kier molecular flexibility index (Phi) is 2.86.